The number of halogens is 1. The molecular formula is C16H23Cl. The lowest BCUT2D eigenvalue weighted by molar-refractivity contribution is 0.308. The van der Waals surface area contributed by atoms with Crippen LogP contribution in [-0.4, -0.2) is 0 Å². The van der Waals surface area contributed by atoms with Crippen LogP contribution in [0.5, 0.6) is 0 Å². The molecule has 0 heterocycles. The summed E-state index contributed by atoms with van der Waals surface area (Å²) in [7, 11) is 0. The van der Waals surface area contributed by atoms with E-state index in [0.717, 1.165) is 11.8 Å². The van der Waals surface area contributed by atoms with Crippen molar-refractivity contribution in [3.8, 4) is 0 Å². The molecule has 0 radical (unpaired) electrons. The third-order valence-electron chi connectivity index (χ3n) is 4.15. The highest BCUT2D eigenvalue weighted by atomic mass is 35.5. The molecule has 0 spiro atoms. The average Bonchev–Trinajstić information content (AvgIpc) is 2.40. The van der Waals surface area contributed by atoms with Crippen LogP contribution in [0.2, 0.25) is 0 Å². The average molecular weight is 251 g/mol. The molecule has 1 aromatic rings. The minimum Gasteiger partial charge on any atom is -0.122 e. The van der Waals surface area contributed by atoms with Gasteiger partial charge in [0.1, 0.15) is 0 Å². The quantitative estimate of drug-likeness (QED) is 0.619. The molecule has 2 rings (SSSR count). The Balaban J connectivity index is 1.91. The van der Waals surface area contributed by atoms with Crippen LogP contribution in [0.15, 0.2) is 24.3 Å². The summed E-state index contributed by atoms with van der Waals surface area (Å²) < 4.78 is 0. The lowest BCUT2D eigenvalue weighted by Crippen LogP contribution is -2.13. The lowest BCUT2D eigenvalue weighted by Gasteiger charge is -2.28. The molecule has 94 valence electrons. The molecular weight excluding hydrogens is 228 g/mol. The molecule has 1 saturated carbocycles. The fourth-order valence-corrected chi connectivity index (χ4v) is 3.25. The molecule has 0 unspecified atom stereocenters. The van der Waals surface area contributed by atoms with Crippen LogP contribution in [0.1, 0.15) is 62.5 Å². The Morgan fingerprint density at radius 2 is 1.71 bits per heavy atom. The molecule has 0 aliphatic heterocycles. The maximum absolute atomic E-state index is 5.82. The highest BCUT2D eigenvalue weighted by Gasteiger charge is 2.21. The van der Waals surface area contributed by atoms with Crippen LogP contribution in [0.25, 0.3) is 0 Å². The Morgan fingerprint density at radius 1 is 1.06 bits per heavy atom. The molecule has 1 heteroatoms. The van der Waals surface area contributed by atoms with E-state index in [9.17, 15) is 0 Å². The van der Waals surface area contributed by atoms with Gasteiger partial charge in [-0.15, -0.1) is 11.6 Å². The first-order valence-electron chi connectivity index (χ1n) is 6.98. The van der Waals surface area contributed by atoms with Crippen molar-refractivity contribution < 1.29 is 0 Å². The largest absolute Gasteiger partial charge is 0.122 e. The van der Waals surface area contributed by atoms with Crippen molar-refractivity contribution in [3.05, 3.63) is 35.4 Å². The molecule has 0 amide bonds. The highest BCUT2D eigenvalue weighted by Crippen LogP contribution is 2.37. The maximum Gasteiger partial charge on any atom is 0.0474 e. The molecule has 1 aliphatic rings. The van der Waals surface area contributed by atoms with Gasteiger partial charge in [0.2, 0.25) is 0 Å². The zero-order valence-corrected chi connectivity index (χ0v) is 11.5. The number of hydrogen-bond acceptors (Lipinski definition) is 0. The van der Waals surface area contributed by atoms with Crippen molar-refractivity contribution >= 4 is 11.6 Å². The molecule has 0 nitrogen and oxygen atoms in total. The first-order chi connectivity index (χ1) is 8.33. The fraction of sp³-hybridized carbons (Fsp3) is 0.625. The molecule has 0 atom stereocenters. The minimum atomic E-state index is 0.628. The van der Waals surface area contributed by atoms with Crippen LogP contribution in [0.3, 0.4) is 0 Å². The molecule has 0 saturated heterocycles. The van der Waals surface area contributed by atoms with E-state index in [2.05, 4.69) is 31.2 Å². The summed E-state index contributed by atoms with van der Waals surface area (Å²) in [5, 5.41) is 0. The first-order valence-corrected chi connectivity index (χ1v) is 7.51. The molecule has 1 aromatic carbocycles. The van der Waals surface area contributed by atoms with Crippen molar-refractivity contribution in [2.45, 2.75) is 57.2 Å². The summed E-state index contributed by atoms with van der Waals surface area (Å²) >= 11 is 5.82. The van der Waals surface area contributed by atoms with Gasteiger partial charge in [-0.25, -0.2) is 0 Å². The van der Waals surface area contributed by atoms with E-state index in [4.69, 9.17) is 11.6 Å². The number of rotatable bonds is 4. The van der Waals surface area contributed by atoms with Gasteiger partial charge in [0.25, 0.3) is 0 Å². The van der Waals surface area contributed by atoms with Crippen molar-refractivity contribution in [2.75, 3.05) is 0 Å². The standard InChI is InChI=1S/C16H23Cl/c1-2-3-13-4-8-15(9-5-13)16-10-6-14(12-17)7-11-16/h6-7,10-11,13,15H,2-5,8-9,12H2,1H3/t13-,15-. The lowest BCUT2D eigenvalue weighted by atomic mass is 9.77. The molecule has 17 heavy (non-hydrogen) atoms. The second-order valence-electron chi connectivity index (χ2n) is 5.38. The monoisotopic (exact) mass is 250 g/mol. The van der Waals surface area contributed by atoms with Gasteiger partial charge in [-0.1, -0.05) is 44.0 Å². The summed E-state index contributed by atoms with van der Waals surface area (Å²) in [6.45, 7) is 2.30. The summed E-state index contributed by atoms with van der Waals surface area (Å²) in [5.41, 5.74) is 2.75. The number of alkyl halides is 1. The van der Waals surface area contributed by atoms with Crippen molar-refractivity contribution in [1.29, 1.82) is 0 Å². The molecule has 0 aromatic heterocycles. The Hall–Kier alpha value is -0.490. The summed E-state index contributed by atoms with van der Waals surface area (Å²) in [6.07, 6.45) is 8.39. The minimum absolute atomic E-state index is 0.628. The van der Waals surface area contributed by atoms with Gasteiger partial charge < -0.3 is 0 Å². The smallest absolute Gasteiger partial charge is 0.0474 e. The molecule has 0 bridgehead atoms. The first kappa shape index (κ1) is 13.0. The van der Waals surface area contributed by atoms with Gasteiger partial charge in [-0.05, 0) is 48.6 Å². The highest BCUT2D eigenvalue weighted by molar-refractivity contribution is 6.17. The normalized spacial score (nSPS) is 24.8. The fourth-order valence-electron chi connectivity index (χ4n) is 3.07. The number of hydrogen-bond donors (Lipinski definition) is 0. The van der Waals surface area contributed by atoms with Gasteiger partial charge in [0.15, 0.2) is 0 Å². The third kappa shape index (κ3) is 3.48. The third-order valence-corrected chi connectivity index (χ3v) is 4.46. The topological polar surface area (TPSA) is 0 Å². The van der Waals surface area contributed by atoms with E-state index in [0.29, 0.717) is 5.88 Å². The Kier molecular flexibility index (Phi) is 4.91. The predicted molar refractivity (Wildman–Crippen MR) is 75.6 cm³/mol. The van der Waals surface area contributed by atoms with Crippen molar-refractivity contribution in [3.63, 3.8) is 0 Å². The molecule has 0 N–H and O–H groups in total. The van der Waals surface area contributed by atoms with Crippen LogP contribution < -0.4 is 0 Å². The van der Waals surface area contributed by atoms with E-state index >= 15 is 0 Å². The van der Waals surface area contributed by atoms with Crippen molar-refractivity contribution in [2.24, 2.45) is 5.92 Å². The SMILES string of the molecule is CCC[C@H]1CC[C@H](c2ccc(CCl)cc2)CC1. The van der Waals surface area contributed by atoms with Gasteiger partial charge in [0.05, 0.1) is 0 Å². The second kappa shape index (κ2) is 6.44. The second-order valence-corrected chi connectivity index (χ2v) is 5.65. The number of benzene rings is 1. The molecule has 1 fully saturated rings. The van der Waals surface area contributed by atoms with Crippen molar-refractivity contribution in [1.82, 2.24) is 0 Å². The van der Waals surface area contributed by atoms with E-state index < -0.39 is 0 Å². The zero-order valence-electron chi connectivity index (χ0n) is 10.8. The Bertz CT molecular complexity index is 320. The van der Waals surface area contributed by atoms with E-state index in [-0.39, 0.29) is 0 Å². The van der Waals surface area contributed by atoms with E-state index in [1.807, 2.05) is 0 Å². The van der Waals surface area contributed by atoms with Crippen LogP contribution in [0.4, 0.5) is 0 Å². The molecule has 1 aliphatic carbocycles. The summed E-state index contributed by atoms with van der Waals surface area (Å²) in [4.78, 5) is 0. The Labute approximate surface area is 110 Å². The van der Waals surface area contributed by atoms with Crippen LogP contribution in [-0.2, 0) is 5.88 Å². The maximum atomic E-state index is 5.82. The van der Waals surface area contributed by atoms with Gasteiger partial charge >= 0.3 is 0 Å². The van der Waals surface area contributed by atoms with Gasteiger partial charge in [-0.3, -0.25) is 0 Å². The summed E-state index contributed by atoms with van der Waals surface area (Å²) in [5.74, 6) is 2.43. The predicted octanol–water partition coefficient (Wildman–Crippen LogP) is 5.50. The zero-order chi connectivity index (χ0) is 12.1. The van der Waals surface area contributed by atoms with Crippen LogP contribution in [0, 0.1) is 5.92 Å². The van der Waals surface area contributed by atoms with Gasteiger partial charge in [-0.2, -0.15) is 0 Å². The van der Waals surface area contributed by atoms with Gasteiger partial charge in [0, 0.05) is 5.88 Å². The van der Waals surface area contributed by atoms with E-state index in [1.54, 1.807) is 0 Å². The summed E-state index contributed by atoms with van der Waals surface area (Å²) in [6, 6.07) is 8.92. The van der Waals surface area contributed by atoms with E-state index in [1.165, 1.54) is 49.7 Å². The van der Waals surface area contributed by atoms with Crippen LogP contribution >= 0.6 is 11.6 Å². The Morgan fingerprint density at radius 3 is 2.24 bits per heavy atom.